The van der Waals surface area contributed by atoms with E-state index in [0.29, 0.717) is 12.0 Å². The number of thioether (sulfide) groups is 1. The fourth-order valence-electron chi connectivity index (χ4n) is 0.859. The molecule has 0 aliphatic heterocycles. The van der Waals surface area contributed by atoms with E-state index in [4.69, 9.17) is 0 Å². The van der Waals surface area contributed by atoms with Crippen LogP contribution in [0.1, 0.15) is 12.8 Å². The lowest BCUT2D eigenvalue weighted by Crippen LogP contribution is -2.06. The van der Waals surface area contributed by atoms with Gasteiger partial charge in [-0.2, -0.15) is 4.98 Å². The van der Waals surface area contributed by atoms with Gasteiger partial charge in [0.15, 0.2) is 5.16 Å². The van der Waals surface area contributed by atoms with Crippen LogP contribution in [0.3, 0.4) is 0 Å². The molecule has 5 heteroatoms. The zero-order valence-corrected chi connectivity index (χ0v) is 7.64. The minimum absolute atomic E-state index is 0.599. The molecular weight excluding hydrogens is 172 g/mol. The fourth-order valence-corrected chi connectivity index (χ4v) is 1.19. The summed E-state index contributed by atoms with van der Waals surface area (Å²) < 4.78 is 0. The molecule has 0 saturated heterocycles. The monoisotopic (exact) mass is 182 g/mol. The summed E-state index contributed by atoms with van der Waals surface area (Å²) in [4.78, 5) is 12.2. The highest BCUT2D eigenvalue weighted by Gasteiger charge is 2.21. The van der Waals surface area contributed by atoms with Crippen molar-refractivity contribution in [2.45, 2.75) is 24.0 Å². The molecule has 0 aromatic carbocycles. The summed E-state index contributed by atoms with van der Waals surface area (Å²) in [6, 6.07) is 0.599. The van der Waals surface area contributed by atoms with Crippen molar-refractivity contribution in [1.82, 2.24) is 15.0 Å². The molecule has 1 aliphatic carbocycles. The fraction of sp³-hybridized carbons (Fsp3) is 0.571. The van der Waals surface area contributed by atoms with Crippen LogP contribution >= 0.6 is 11.8 Å². The normalized spacial score (nSPS) is 16.1. The van der Waals surface area contributed by atoms with Gasteiger partial charge in [-0.25, -0.2) is 9.97 Å². The van der Waals surface area contributed by atoms with Crippen molar-refractivity contribution >= 4 is 17.7 Å². The van der Waals surface area contributed by atoms with Crippen molar-refractivity contribution in [3.05, 3.63) is 6.33 Å². The molecule has 0 radical (unpaired) electrons. The van der Waals surface area contributed by atoms with Crippen LogP contribution in [0.5, 0.6) is 0 Å². The molecule has 0 spiro atoms. The highest BCUT2D eigenvalue weighted by molar-refractivity contribution is 7.98. The number of hydrogen-bond donors (Lipinski definition) is 1. The molecule has 2 rings (SSSR count). The third kappa shape index (κ3) is 1.85. The molecular formula is C7H10N4S. The molecule has 4 nitrogen and oxygen atoms in total. The van der Waals surface area contributed by atoms with Gasteiger partial charge in [-0.15, -0.1) is 0 Å². The first-order valence-electron chi connectivity index (χ1n) is 3.88. The Morgan fingerprint density at radius 3 is 3.00 bits per heavy atom. The lowest BCUT2D eigenvalue weighted by molar-refractivity contribution is 0.893. The molecule has 0 unspecified atom stereocenters. The van der Waals surface area contributed by atoms with E-state index in [1.54, 1.807) is 6.33 Å². The Hall–Kier alpha value is -0.840. The van der Waals surface area contributed by atoms with Crippen LogP contribution in [0, 0.1) is 0 Å². The third-order valence-corrected chi connectivity index (χ3v) is 2.20. The second-order valence-electron chi connectivity index (χ2n) is 2.71. The third-order valence-electron chi connectivity index (χ3n) is 1.64. The van der Waals surface area contributed by atoms with E-state index in [1.165, 1.54) is 24.6 Å². The largest absolute Gasteiger partial charge is 0.351 e. The number of nitrogens with one attached hydrogen (secondary N) is 1. The highest BCUT2D eigenvalue weighted by atomic mass is 32.2. The summed E-state index contributed by atoms with van der Waals surface area (Å²) in [5, 5.41) is 3.99. The van der Waals surface area contributed by atoms with E-state index < -0.39 is 0 Å². The Morgan fingerprint density at radius 2 is 2.33 bits per heavy atom. The summed E-state index contributed by atoms with van der Waals surface area (Å²) in [7, 11) is 0. The van der Waals surface area contributed by atoms with Gasteiger partial charge in [-0.3, -0.25) is 0 Å². The van der Waals surface area contributed by atoms with Gasteiger partial charge >= 0.3 is 0 Å². The topological polar surface area (TPSA) is 50.7 Å². The van der Waals surface area contributed by atoms with E-state index in [2.05, 4.69) is 20.3 Å². The maximum atomic E-state index is 4.20. The lowest BCUT2D eigenvalue weighted by atomic mass is 10.7. The van der Waals surface area contributed by atoms with Gasteiger partial charge in [0.25, 0.3) is 0 Å². The van der Waals surface area contributed by atoms with Gasteiger partial charge in [0, 0.05) is 6.04 Å². The van der Waals surface area contributed by atoms with Crippen LogP contribution in [0.15, 0.2) is 11.5 Å². The van der Waals surface area contributed by atoms with Gasteiger partial charge < -0.3 is 5.32 Å². The second-order valence-corrected chi connectivity index (χ2v) is 3.49. The number of nitrogens with zero attached hydrogens (tertiary/aromatic N) is 3. The first-order chi connectivity index (χ1) is 5.88. The summed E-state index contributed by atoms with van der Waals surface area (Å²) in [5.41, 5.74) is 0. The molecule has 1 heterocycles. The van der Waals surface area contributed by atoms with Gasteiger partial charge in [0.05, 0.1) is 0 Å². The summed E-state index contributed by atoms with van der Waals surface area (Å²) in [6.07, 6.45) is 5.97. The van der Waals surface area contributed by atoms with E-state index in [0.717, 1.165) is 5.16 Å². The van der Waals surface area contributed by atoms with Gasteiger partial charge in [-0.1, -0.05) is 11.8 Å². The molecule has 1 aliphatic rings. The van der Waals surface area contributed by atoms with E-state index >= 15 is 0 Å². The standard InChI is InChI=1S/C7H10N4S/c1-12-7-9-4-8-6(11-7)10-5-2-3-5/h4-5H,2-3H2,1H3,(H,8,9,10,11). The van der Waals surface area contributed by atoms with Crippen LogP contribution < -0.4 is 5.32 Å². The zero-order valence-electron chi connectivity index (χ0n) is 6.82. The van der Waals surface area contributed by atoms with Crippen LogP contribution in [0.25, 0.3) is 0 Å². The van der Waals surface area contributed by atoms with Crippen molar-refractivity contribution < 1.29 is 0 Å². The second kappa shape index (κ2) is 3.26. The first kappa shape index (κ1) is 7.79. The quantitative estimate of drug-likeness (QED) is 0.711. The van der Waals surface area contributed by atoms with Crippen molar-refractivity contribution in [2.75, 3.05) is 11.6 Å². The van der Waals surface area contributed by atoms with E-state index in [-0.39, 0.29) is 0 Å². The Bertz CT molecular complexity index is 274. The average molecular weight is 182 g/mol. The van der Waals surface area contributed by atoms with E-state index in [1.807, 2.05) is 6.26 Å². The van der Waals surface area contributed by atoms with Crippen LogP contribution in [-0.2, 0) is 0 Å². The molecule has 1 N–H and O–H groups in total. The Balaban J connectivity index is 2.08. The number of anilines is 1. The minimum Gasteiger partial charge on any atom is -0.351 e. The molecule has 0 amide bonds. The number of rotatable bonds is 3. The molecule has 12 heavy (non-hydrogen) atoms. The number of hydrogen-bond acceptors (Lipinski definition) is 5. The van der Waals surface area contributed by atoms with Crippen LogP contribution in [0.2, 0.25) is 0 Å². The maximum Gasteiger partial charge on any atom is 0.226 e. The summed E-state index contributed by atoms with van der Waals surface area (Å²) in [5.74, 6) is 0.705. The van der Waals surface area contributed by atoms with Crippen molar-refractivity contribution in [3.8, 4) is 0 Å². The zero-order chi connectivity index (χ0) is 8.39. The van der Waals surface area contributed by atoms with Gasteiger partial charge in [-0.05, 0) is 19.1 Å². The van der Waals surface area contributed by atoms with Crippen LogP contribution in [-0.4, -0.2) is 27.2 Å². The Kier molecular flexibility index (Phi) is 2.12. The number of aromatic nitrogens is 3. The average Bonchev–Trinajstić information content (AvgIpc) is 2.89. The maximum absolute atomic E-state index is 4.20. The van der Waals surface area contributed by atoms with Crippen LogP contribution in [0.4, 0.5) is 5.95 Å². The summed E-state index contributed by atoms with van der Waals surface area (Å²) >= 11 is 1.53. The van der Waals surface area contributed by atoms with E-state index in [9.17, 15) is 0 Å². The summed E-state index contributed by atoms with van der Waals surface area (Å²) in [6.45, 7) is 0. The van der Waals surface area contributed by atoms with Gasteiger partial charge in [0.1, 0.15) is 6.33 Å². The molecule has 1 saturated carbocycles. The predicted molar refractivity (Wildman–Crippen MR) is 48.3 cm³/mol. The predicted octanol–water partition coefficient (Wildman–Crippen LogP) is 1.17. The Morgan fingerprint density at radius 1 is 1.50 bits per heavy atom. The SMILES string of the molecule is CSc1ncnc(NC2CC2)n1. The molecule has 0 bridgehead atoms. The van der Waals surface area contributed by atoms with Crippen molar-refractivity contribution in [2.24, 2.45) is 0 Å². The van der Waals surface area contributed by atoms with Crippen molar-refractivity contribution in [1.29, 1.82) is 0 Å². The molecule has 64 valence electrons. The molecule has 0 atom stereocenters. The highest BCUT2D eigenvalue weighted by Crippen LogP contribution is 2.22. The Labute approximate surface area is 75.2 Å². The minimum atomic E-state index is 0.599. The molecule has 1 aromatic rings. The van der Waals surface area contributed by atoms with Gasteiger partial charge in [0.2, 0.25) is 5.95 Å². The molecule has 1 fully saturated rings. The van der Waals surface area contributed by atoms with Crippen molar-refractivity contribution in [3.63, 3.8) is 0 Å². The molecule has 1 aromatic heterocycles. The lowest BCUT2D eigenvalue weighted by Gasteiger charge is -2.01. The first-order valence-corrected chi connectivity index (χ1v) is 5.10. The smallest absolute Gasteiger partial charge is 0.226 e.